The van der Waals surface area contributed by atoms with Crippen molar-refractivity contribution >= 4 is 29.1 Å². The van der Waals surface area contributed by atoms with Crippen molar-refractivity contribution in [2.24, 2.45) is 23.7 Å². The van der Waals surface area contributed by atoms with E-state index in [-0.39, 0.29) is 35.5 Å². The Morgan fingerprint density at radius 3 is 2.19 bits per heavy atom. The number of imide groups is 1. The van der Waals surface area contributed by atoms with E-state index in [4.69, 9.17) is 11.6 Å². The van der Waals surface area contributed by atoms with Gasteiger partial charge in [0.1, 0.15) is 0 Å². The SMILES string of the molecule is Cc1c(Cl)cccc1N1C(=O)[C@@H]2[C@H](C1=O)[C@@H]1C=C[C@@H]2C1=C1CCCCC1. The van der Waals surface area contributed by atoms with Crippen LogP contribution in [0.2, 0.25) is 5.02 Å². The highest BCUT2D eigenvalue weighted by atomic mass is 35.5. The van der Waals surface area contributed by atoms with E-state index in [0.29, 0.717) is 10.7 Å². The van der Waals surface area contributed by atoms with Crippen LogP contribution < -0.4 is 4.90 Å². The van der Waals surface area contributed by atoms with Crippen molar-refractivity contribution in [2.75, 3.05) is 4.90 Å². The Bertz CT molecular complexity index is 842. The minimum atomic E-state index is -0.222. The third-order valence-corrected chi connectivity index (χ3v) is 7.17. The van der Waals surface area contributed by atoms with E-state index >= 15 is 0 Å². The Balaban J connectivity index is 1.55. The molecule has 4 heteroatoms. The van der Waals surface area contributed by atoms with E-state index in [9.17, 15) is 9.59 Å². The number of amides is 2. The number of fused-ring (bicyclic) bond motifs is 5. The van der Waals surface area contributed by atoms with Crippen LogP contribution in [0.25, 0.3) is 0 Å². The molecule has 5 rings (SSSR count). The number of rotatable bonds is 1. The number of hydrogen-bond donors (Lipinski definition) is 0. The topological polar surface area (TPSA) is 37.4 Å². The zero-order chi connectivity index (χ0) is 18.0. The molecule has 134 valence electrons. The van der Waals surface area contributed by atoms with Crippen molar-refractivity contribution in [3.63, 3.8) is 0 Å². The predicted molar refractivity (Wildman–Crippen MR) is 102 cm³/mol. The van der Waals surface area contributed by atoms with Crippen LogP contribution in [0, 0.1) is 30.6 Å². The van der Waals surface area contributed by atoms with Crippen LogP contribution >= 0.6 is 11.6 Å². The molecule has 1 aromatic rings. The van der Waals surface area contributed by atoms with Gasteiger partial charge >= 0.3 is 0 Å². The number of hydrogen-bond acceptors (Lipinski definition) is 2. The summed E-state index contributed by atoms with van der Waals surface area (Å²) in [5, 5.41) is 0.589. The average Bonchev–Trinajstić information content (AvgIpc) is 3.29. The molecule has 3 nitrogen and oxygen atoms in total. The second-order valence-electron chi connectivity index (χ2n) is 8.00. The molecule has 4 aliphatic rings. The normalized spacial score (nSPS) is 32.8. The Morgan fingerprint density at radius 2 is 1.58 bits per heavy atom. The lowest BCUT2D eigenvalue weighted by atomic mass is 9.85. The molecule has 0 spiro atoms. The fraction of sp³-hybridized carbons (Fsp3) is 0.455. The van der Waals surface area contributed by atoms with E-state index in [2.05, 4.69) is 12.2 Å². The maximum atomic E-state index is 13.3. The van der Waals surface area contributed by atoms with Crippen LogP contribution in [0.4, 0.5) is 5.69 Å². The first-order valence-corrected chi connectivity index (χ1v) is 10.0. The monoisotopic (exact) mass is 367 g/mol. The van der Waals surface area contributed by atoms with E-state index in [1.165, 1.54) is 35.3 Å². The molecule has 2 saturated carbocycles. The summed E-state index contributed by atoms with van der Waals surface area (Å²) in [4.78, 5) is 28.0. The Morgan fingerprint density at radius 1 is 0.962 bits per heavy atom. The molecule has 2 bridgehead atoms. The largest absolute Gasteiger partial charge is 0.274 e. The third-order valence-electron chi connectivity index (χ3n) is 6.76. The summed E-state index contributed by atoms with van der Waals surface area (Å²) in [6.45, 7) is 1.87. The maximum absolute atomic E-state index is 13.3. The molecule has 0 radical (unpaired) electrons. The highest BCUT2D eigenvalue weighted by Gasteiger charge is 2.62. The number of halogens is 1. The number of anilines is 1. The number of nitrogens with zero attached hydrogens (tertiary/aromatic N) is 1. The van der Waals surface area contributed by atoms with Gasteiger partial charge in [0.25, 0.3) is 0 Å². The standard InChI is InChI=1S/C22H22ClNO2/c1-12-16(23)8-5-9-17(12)24-21(25)19-14-10-11-15(20(19)22(24)26)18(14)13-6-3-2-4-7-13/h5,8-11,14-15,19-20H,2-4,6-7H2,1H3/t14-,15-,19-,20+/m1/s1. The van der Waals surface area contributed by atoms with E-state index in [1.54, 1.807) is 6.07 Å². The molecule has 0 N–H and O–H groups in total. The van der Waals surface area contributed by atoms with Gasteiger partial charge < -0.3 is 0 Å². The van der Waals surface area contributed by atoms with Crippen molar-refractivity contribution in [1.82, 2.24) is 0 Å². The first-order chi connectivity index (χ1) is 12.6. The molecule has 26 heavy (non-hydrogen) atoms. The second kappa shape index (κ2) is 5.82. The van der Waals surface area contributed by atoms with Gasteiger partial charge in [0.2, 0.25) is 11.8 Å². The molecule has 4 atom stereocenters. The lowest BCUT2D eigenvalue weighted by Crippen LogP contribution is -2.34. The average molecular weight is 368 g/mol. The van der Waals surface area contributed by atoms with Gasteiger partial charge in [-0.1, -0.05) is 47.4 Å². The molecule has 1 aliphatic heterocycles. The van der Waals surface area contributed by atoms with E-state index in [0.717, 1.165) is 18.4 Å². The van der Waals surface area contributed by atoms with Crippen LogP contribution in [0.1, 0.15) is 37.7 Å². The van der Waals surface area contributed by atoms with Crippen LogP contribution in [0.3, 0.4) is 0 Å². The van der Waals surface area contributed by atoms with Crippen LogP contribution in [0.5, 0.6) is 0 Å². The fourth-order valence-electron chi connectivity index (χ4n) is 5.58. The highest BCUT2D eigenvalue weighted by molar-refractivity contribution is 6.32. The summed E-state index contributed by atoms with van der Waals surface area (Å²) in [6, 6.07) is 5.43. The molecular weight excluding hydrogens is 346 g/mol. The van der Waals surface area contributed by atoms with Gasteiger partial charge in [-0.3, -0.25) is 9.59 Å². The van der Waals surface area contributed by atoms with Gasteiger partial charge in [-0.2, -0.15) is 0 Å². The Hall–Kier alpha value is -1.87. The zero-order valence-electron chi connectivity index (χ0n) is 14.9. The number of carbonyl (C=O) groups excluding carboxylic acids is 2. The highest BCUT2D eigenvalue weighted by Crippen LogP contribution is 2.58. The summed E-state index contributed by atoms with van der Waals surface area (Å²) in [5.41, 5.74) is 4.37. The quantitative estimate of drug-likeness (QED) is 0.526. The van der Waals surface area contributed by atoms with Gasteiger partial charge in [0.05, 0.1) is 17.5 Å². The maximum Gasteiger partial charge on any atom is 0.238 e. The first-order valence-electron chi connectivity index (χ1n) is 9.62. The summed E-state index contributed by atoms with van der Waals surface area (Å²) in [7, 11) is 0. The molecule has 2 amide bonds. The fourth-order valence-corrected chi connectivity index (χ4v) is 5.75. The molecule has 0 aromatic heterocycles. The van der Waals surface area contributed by atoms with Crippen molar-refractivity contribution in [3.05, 3.63) is 52.1 Å². The smallest absolute Gasteiger partial charge is 0.238 e. The third kappa shape index (κ3) is 2.07. The molecule has 3 fully saturated rings. The van der Waals surface area contributed by atoms with Crippen molar-refractivity contribution < 1.29 is 9.59 Å². The van der Waals surface area contributed by atoms with Gasteiger partial charge in [0.15, 0.2) is 0 Å². The summed E-state index contributed by atoms with van der Waals surface area (Å²) >= 11 is 6.23. The lowest BCUT2D eigenvalue weighted by Gasteiger charge is -2.23. The van der Waals surface area contributed by atoms with Gasteiger partial charge in [0, 0.05) is 16.9 Å². The Kier molecular flexibility index (Phi) is 3.65. The van der Waals surface area contributed by atoms with Crippen LogP contribution in [0.15, 0.2) is 41.5 Å². The number of carbonyl (C=O) groups is 2. The van der Waals surface area contributed by atoms with Gasteiger partial charge in [-0.05, 0) is 50.3 Å². The molecule has 3 aliphatic carbocycles. The van der Waals surface area contributed by atoms with Gasteiger partial charge in [-0.25, -0.2) is 4.90 Å². The molecule has 1 saturated heterocycles. The van der Waals surface area contributed by atoms with Crippen molar-refractivity contribution in [1.29, 1.82) is 0 Å². The van der Waals surface area contributed by atoms with E-state index in [1.807, 2.05) is 19.1 Å². The minimum Gasteiger partial charge on any atom is -0.274 e. The summed E-state index contributed by atoms with van der Waals surface area (Å²) < 4.78 is 0. The second-order valence-corrected chi connectivity index (χ2v) is 8.41. The zero-order valence-corrected chi connectivity index (χ0v) is 15.6. The molecule has 1 aromatic carbocycles. The predicted octanol–water partition coefficient (Wildman–Crippen LogP) is 4.83. The summed E-state index contributed by atoms with van der Waals surface area (Å²) in [5.74, 6) is -0.286. The molecule has 1 heterocycles. The Labute approximate surface area is 158 Å². The summed E-state index contributed by atoms with van der Waals surface area (Å²) in [6.07, 6.45) is 10.4. The number of benzene rings is 1. The van der Waals surface area contributed by atoms with Crippen molar-refractivity contribution in [3.8, 4) is 0 Å². The van der Waals surface area contributed by atoms with Crippen LogP contribution in [-0.4, -0.2) is 11.8 Å². The van der Waals surface area contributed by atoms with E-state index < -0.39 is 0 Å². The van der Waals surface area contributed by atoms with Crippen LogP contribution in [-0.2, 0) is 9.59 Å². The number of allylic oxidation sites excluding steroid dienone is 4. The lowest BCUT2D eigenvalue weighted by molar-refractivity contribution is -0.122. The van der Waals surface area contributed by atoms with Gasteiger partial charge in [-0.15, -0.1) is 0 Å². The molecular formula is C22H22ClNO2. The first kappa shape index (κ1) is 16.3. The molecule has 0 unspecified atom stereocenters. The minimum absolute atomic E-state index is 0.0453. The van der Waals surface area contributed by atoms with Crippen molar-refractivity contribution in [2.45, 2.75) is 39.0 Å².